The third-order valence-electron chi connectivity index (χ3n) is 5.94. The molecule has 0 saturated carbocycles. The molecule has 1 aliphatic rings. The average Bonchev–Trinajstić information content (AvgIpc) is 3.34. The van der Waals surface area contributed by atoms with E-state index >= 15 is 0 Å². The number of primary amides is 1. The van der Waals surface area contributed by atoms with Gasteiger partial charge in [0.05, 0.1) is 17.2 Å². The summed E-state index contributed by atoms with van der Waals surface area (Å²) in [7, 11) is 0. The number of carbonyl (C=O) groups excluding carboxylic acids is 3. The molecule has 1 aliphatic heterocycles. The van der Waals surface area contributed by atoms with E-state index in [1.807, 2.05) is 37.3 Å². The van der Waals surface area contributed by atoms with Crippen molar-refractivity contribution in [2.75, 3.05) is 11.9 Å². The van der Waals surface area contributed by atoms with Gasteiger partial charge in [0.1, 0.15) is 0 Å². The third kappa shape index (κ3) is 4.36. The number of hydrogen-bond donors (Lipinski definition) is 3. The molecule has 5 N–H and O–H groups in total. The van der Waals surface area contributed by atoms with Gasteiger partial charge in [-0.1, -0.05) is 48.0 Å². The Morgan fingerprint density at radius 1 is 1.09 bits per heavy atom. The van der Waals surface area contributed by atoms with Crippen LogP contribution in [0.2, 0.25) is 0 Å². The van der Waals surface area contributed by atoms with Crippen LogP contribution in [-0.4, -0.2) is 45.9 Å². The van der Waals surface area contributed by atoms with Gasteiger partial charge in [-0.2, -0.15) is 0 Å². The number of nitrogens with two attached hydrogens (primary N) is 2. The highest BCUT2D eigenvalue weighted by Gasteiger charge is 2.38. The zero-order valence-electron chi connectivity index (χ0n) is 18.0. The van der Waals surface area contributed by atoms with Gasteiger partial charge in [0.15, 0.2) is 5.78 Å². The van der Waals surface area contributed by atoms with Crippen LogP contribution in [0.25, 0.3) is 10.9 Å². The van der Waals surface area contributed by atoms with Crippen molar-refractivity contribution in [1.29, 1.82) is 0 Å². The first-order valence-corrected chi connectivity index (χ1v) is 10.6. The minimum atomic E-state index is -0.644. The summed E-state index contributed by atoms with van der Waals surface area (Å²) >= 11 is 0. The lowest BCUT2D eigenvalue weighted by Crippen LogP contribution is -2.43. The van der Waals surface area contributed by atoms with Gasteiger partial charge in [0, 0.05) is 30.6 Å². The first kappa shape index (κ1) is 21.6. The minimum Gasteiger partial charge on any atom is -0.351 e. The first-order valence-electron chi connectivity index (χ1n) is 10.6. The van der Waals surface area contributed by atoms with Gasteiger partial charge in [0.2, 0.25) is 0 Å². The van der Waals surface area contributed by atoms with Gasteiger partial charge < -0.3 is 21.7 Å². The maximum atomic E-state index is 13.1. The summed E-state index contributed by atoms with van der Waals surface area (Å²) < 4.78 is 1.28. The number of anilines is 1. The molecule has 166 valence electrons. The van der Waals surface area contributed by atoms with Crippen molar-refractivity contribution in [3.05, 3.63) is 65.9 Å². The van der Waals surface area contributed by atoms with Crippen molar-refractivity contribution < 1.29 is 14.4 Å². The number of Topliss-reactive ketones (excluding diaryl/α,β-unsaturated/α-hetero) is 1. The van der Waals surface area contributed by atoms with Crippen molar-refractivity contribution >= 4 is 34.4 Å². The van der Waals surface area contributed by atoms with Crippen molar-refractivity contribution in [2.24, 2.45) is 11.5 Å². The second-order valence-corrected chi connectivity index (χ2v) is 8.31. The predicted octanol–water partition coefficient (Wildman–Crippen LogP) is 3.01. The molecule has 0 unspecified atom stereocenters. The van der Waals surface area contributed by atoms with Gasteiger partial charge in [-0.05, 0) is 31.4 Å². The number of likely N-dealkylation sites (tertiary alicyclic amines) is 1. The highest BCUT2D eigenvalue weighted by molar-refractivity contribution is 6.05. The summed E-state index contributed by atoms with van der Waals surface area (Å²) in [6, 6.07) is 13.3. The molecule has 8 heteroatoms. The fourth-order valence-electron chi connectivity index (χ4n) is 4.24. The Morgan fingerprint density at radius 2 is 1.81 bits per heavy atom. The van der Waals surface area contributed by atoms with Gasteiger partial charge >= 0.3 is 12.1 Å². The lowest BCUT2D eigenvalue weighted by molar-refractivity contribution is -0.122. The maximum absolute atomic E-state index is 13.1. The molecule has 1 saturated heterocycles. The summed E-state index contributed by atoms with van der Waals surface area (Å²) in [6.07, 6.45) is 2.88. The lowest BCUT2D eigenvalue weighted by Gasteiger charge is -2.23. The van der Waals surface area contributed by atoms with E-state index in [1.165, 1.54) is 21.2 Å². The molecule has 1 fully saturated rings. The molecule has 0 bridgehead atoms. The second-order valence-electron chi connectivity index (χ2n) is 8.31. The Labute approximate surface area is 186 Å². The number of hydrogen-bond acceptors (Lipinski definition) is 4. The molecule has 2 atom stereocenters. The van der Waals surface area contributed by atoms with Crippen molar-refractivity contribution in [3.63, 3.8) is 0 Å². The number of ketones is 1. The number of nitrogens with zero attached hydrogens (tertiary/aromatic N) is 2. The zero-order valence-corrected chi connectivity index (χ0v) is 18.0. The van der Waals surface area contributed by atoms with Crippen LogP contribution in [0.1, 0.15) is 24.0 Å². The number of nitrogens with one attached hydrogen (secondary N) is 1. The van der Waals surface area contributed by atoms with E-state index in [-0.39, 0.29) is 11.8 Å². The number of amides is 3. The molecule has 32 heavy (non-hydrogen) atoms. The Hall–Kier alpha value is -3.65. The lowest BCUT2D eigenvalue weighted by atomic mass is 10.0. The summed E-state index contributed by atoms with van der Waals surface area (Å²) in [6.45, 7) is 2.31. The number of benzene rings is 2. The number of carbonyl (C=O) groups is 3. The van der Waals surface area contributed by atoms with E-state index in [2.05, 4.69) is 5.32 Å². The smallest absolute Gasteiger partial charge is 0.323 e. The molecule has 0 radical (unpaired) electrons. The van der Waals surface area contributed by atoms with Crippen LogP contribution < -0.4 is 16.8 Å². The van der Waals surface area contributed by atoms with Gasteiger partial charge in [-0.3, -0.25) is 9.36 Å². The molecular formula is C24H27N5O3. The van der Waals surface area contributed by atoms with Crippen LogP contribution in [-0.2, 0) is 11.2 Å². The fraction of sp³-hybridized carbons (Fsp3) is 0.292. The van der Waals surface area contributed by atoms with Crippen molar-refractivity contribution in [3.8, 4) is 0 Å². The van der Waals surface area contributed by atoms with Gasteiger partial charge in [0.25, 0.3) is 0 Å². The van der Waals surface area contributed by atoms with E-state index in [4.69, 9.17) is 11.5 Å². The standard InChI is InChI=1S/C24H27N5O3/c1-15-6-8-16(9-7-15)10-11-22(30)21-12-17(25)13-29(21)24(32)27-19-14-28(23(26)31)20-5-3-2-4-18(19)20/h2-9,14,17,21H,10-13,25H2,1H3,(H2,26,31)(H,27,32)/t17-,21-/m0/s1. The molecular weight excluding hydrogens is 406 g/mol. The number of rotatable bonds is 5. The Bertz CT molecular complexity index is 1170. The molecule has 1 aromatic heterocycles. The third-order valence-corrected chi connectivity index (χ3v) is 5.94. The van der Waals surface area contributed by atoms with E-state index in [9.17, 15) is 14.4 Å². The first-order chi connectivity index (χ1) is 15.3. The van der Waals surface area contributed by atoms with E-state index in [1.54, 1.807) is 18.2 Å². The van der Waals surface area contributed by atoms with Crippen LogP contribution >= 0.6 is 0 Å². The monoisotopic (exact) mass is 433 g/mol. The van der Waals surface area contributed by atoms with Crippen LogP contribution in [0.15, 0.2) is 54.7 Å². The molecule has 0 spiro atoms. The molecule has 2 heterocycles. The zero-order chi connectivity index (χ0) is 22.8. The van der Waals surface area contributed by atoms with Crippen LogP contribution in [0.3, 0.4) is 0 Å². The molecule has 3 aromatic rings. The Morgan fingerprint density at radius 3 is 2.53 bits per heavy atom. The number of urea groups is 1. The molecule has 2 aromatic carbocycles. The summed E-state index contributed by atoms with van der Waals surface area (Å²) in [4.78, 5) is 39.3. The SMILES string of the molecule is Cc1ccc(CCC(=O)[C@@H]2C[C@H](N)CN2C(=O)Nc2cn(C(N)=O)c3ccccc23)cc1. The van der Waals surface area contributed by atoms with E-state index < -0.39 is 18.1 Å². The van der Waals surface area contributed by atoms with Crippen LogP contribution in [0.4, 0.5) is 15.3 Å². The number of fused-ring (bicyclic) bond motifs is 1. The molecule has 0 aliphatic carbocycles. The fourth-order valence-corrected chi connectivity index (χ4v) is 4.24. The minimum absolute atomic E-state index is 0.00626. The molecule has 3 amide bonds. The number of aromatic nitrogens is 1. The predicted molar refractivity (Wildman–Crippen MR) is 124 cm³/mol. The topological polar surface area (TPSA) is 123 Å². The second kappa shape index (κ2) is 8.84. The van der Waals surface area contributed by atoms with Gasteiger partial charge in [-0.15, -0.1) is 0 Å². The average molecular weight is 434 g/mol. The normalized spacial score (nSPS) is 18.1. The van der Waals surface area contributed by atoms with Gasteiger partial charge in [-0.25, -0.2) is 9.59 Å². The maximum Gasteiger partial charge on any atom is 0.323 e. The van der Waals surface area contributed by atoms with E-state index in [0.717, 1.165) is 5.56 Å². The molecule has 8 nitrogen and oxygen atoms in total. The molecule has 4 rings (SSSR count). The summed E-state index contributed by atoms with van der Waals surface area (Å²) in [5, 5.41) is 3.52. The summed E-state index contributed by atoms with van der Waals surface area (Å²) in [5.41, 5.74) is 14.9. The highest BCUT2D eigenvalue weighted by Crippen LogP contribution is 2.27. The van der Waals surface area contributed by atoms with E-state index in [0.29, 0.717) is 42.4 Å². The quantitative estimate of drug-likeness (QED) is 0.572. The number of aryl methyl sites for hydroxylation is 2. The van der Waals surface area contributed by atoms with Crippen LogP contribution in [0.5, 0.6) is 0 Å². The van der Waals surface area contributed by atoms with Crippen molar-refractivity contribution in [1.82, 2.24) is 9.47 Å². The van der Waals surface area contributed by atoms with Crippen LogP contribution in [0, 0.1) is 6.92 Å². The summed E-state index contributed by atoms with van der Waals surface area (Å²) in [5.74, 6) is -0.00626. The largest absolute Gasteiger partial charge is 0.351 e. The number of para-hydroxylation sites is 1. The van der Waals surface area contributed by atoms with Crippen molar-refractivity contribution in [2.45, 2.75) is 38.3 Å². The Kier molecular flexibility index (Phi) is 5.96. The highest BCUT2D eigenvalue weighted by atomic mass is 16.2. The Balaban J connectivity index is 1.48.